The maximum atomic E-state index is 5.61. The van der Waals surface area contributed by atoms with Crippen LogP contribution in [0.25, 0.3) is 0 Å². The first-order valence-corrected chi connectivity index (χ1v) is 6.18. The van der Waals surface area contributed by atoms with Crippen molar-refractivity contribution in [2.75, 3.05) is 13.7 Å². The molecule has 1 aromatic carbocycles. The molecule has 1 aliphatic heterocycles. The minimum absolute atomic E-state index is 0.166. The fraction of sp³-hybridized carbons (Fsp3) is 0.333. The van der Waals surface area contributed by atoms with E-state index in [1.165, 1.54) is 0 Å². The summed E-state index contributed by atoms with van der Waals surface area (Å²) in [7, 11) is 1.64. The van der Waals surface area contributed by atoms with Crippen molar-refractivity contribution in [2.24, 2.45) is 5.84 Å². The second kappa shape index (κ2) is 5.53. The number of benzene rings is 1. The lowest BCUT2D eigenvalue weighted by molar-refractivity contribution is 0.214. The highest BCUT2D eigenvalue weighted by molar-refractivity contribution is 9.10. The quantitative estimate of drug-likeness (QED) is 0.661. The van der Waals surface area contributed by atoms with E-state index < -0.39 is 0 Å². The monoisotopic (exact) mass is 298 g/mol. The molecule has 1 aromatic rings. The number of hydrogen-bond acceptors (Lipinski definition) is 4. The molecule has 1 aliphatic rings. The van der Waals surface area contributed by atoms with Crippen molar-refractivity contribution >= 4 is 15.9 Å². The average Bonchev–Trinajstić information content (AvgIpc) is 2.85. The molecule has 1 unspecified atom stereocenters. The molecule has 0 amide bonds. The molecule has 1 heterocycles. The Labute approximate surface area is 109 Å². The third-order valence-electron chi connectivity index (χ3n) is 2.69. The molecule has 1 atom stereocenters. The molecule has 0 aromatic heterocycles. The minimum atomic E-state index is -0.166. The second-order valence-electron chi connectivity index (χ2n) is 3.73. The summed E-state index contributed by atoms with van der Waals surface area (Å²) in [4.78, 5) is 0. The Balaban J connectivity index is 2.36. The van der Waals surface area contributed by atoms with Crippen molar-refractivity contribution in [1.29, 1.82) is 0 Å². The van der Waals surface area contributed by atoms with Crippen LogP contribution in [-0.2, 0) is 4.74 Å². The van der Waals surface area contributed by atoms with Gasteiger partial charge in [0, 0.05) is 16.5 Å². The van der Waals surface area contributed by atoms with Crippen molar-refractivity contribution in [2.45, 2.75) is 12.5 Å². The van der Waals surface area contributed by atoms with Crippen LogP contribution in [0, 0.1) is 0 Å². The molecule has 0 saturated carbocycles. The Hall–Kier alpha value is -1.04. The van der Waals surface area contributed by atoms with Gasteiger partial charge in [0.25, 0.3) is 0 Å². The first-order valence-electron chi connectivity index (χ1n) is 5.38. The zero-order valence-corrected chi connectivity index (χ0v) is 11.2. The second-order valence-corrected chi connectivity index (χ2v) is 4.65. The molecule has 3 N–H and O–H groups in total. The summed E-state index contributed by atoms with van der Waals surface area (Å²) < 4.78 is 11.9. The van der Waals surface area contributed by atoms with Crippen LogP contribution in [0.3, 0.4) is 0 Å². The number of nitrogens with two attached hydrogens (primary N) is 1. The lowest BCUT2D eigenvalue weighted by Crippen LogP contribution is -2.30. The third-order valence-corrected chi connectivity index (χ3v) is 3.18. The molecule has 0 spiro atoms. The van der Waals surface area contributed by atoms with Crippen molar-refractivity contribution in [3.8, 4) is 5.75 Å². The summed E-state index contributed by atoms with van der Waals surface area (Å²) >= 11 is 3.41. The van der Waals surface area contributed by atoms with E-state index in [1.54, 1.807) is 7.11 Å². The molecule has 0 bridgehead atoms. The molecular weight excluding hydrogens is 284 g/mol. The normalized spacial score (nSPS) is 16.3. The fourth-order valence-corrected chi connectivity index (χ4v) is 2.23. The Morgan fingerprint density at radius 2 is 2.35 bits per heavy atom. The van der Waals surface area contributed by atoms with Crippen molar-refractivity contribution < 1.29 is 9.47 Å². The number of hydrogen-bond donors (Lipinski definition) is 2. The Kier molecular flexibility index (Phi) is 4.04. The van der Waals surface area contributed by atoms with Crippen molar-refractivity contribution in [3.05, 3.63) is 40.1 Å². The SMILES string of the molecule is COc1cc(Br)ccc1C(NN)C1=CCCO1. The summed E-state index contributed by atoms with van der Waals surface area (Å²) in [5, 5.41) is 0. The van der Waals surface area contributed by atoms with Gasteiger partial charge in [-0.25, -0.2) is 5.43 Å². The number of halogens is 1. The van der Waals surface area contributed by atoms with Crippen LogP contribution in [0.15, 0.2) is 34.5 Å². The summed E-state index contributed by atoms with van der Waals surface area (Å²) in [6.07, 6.45) is 2.97. The van der Waals surface area contributed by atoms with E-state index in [2.05, 4.69) is 21.4 Å². The highest BCUT2D eigenvalue weighted by Gasteiger charge is 2.22. The molecule has 5 heteroatoms. The van der Waals surface area contributed by atoms with Gasteiger partial charge in [-0.2, -0.15) is 0 Å². The molecule has 2 rings (SSSR count). The number of rotatable bonds is 4. The fourth-order valence-electron chi connectivity index (χ4n) is 1.89. The first-order chi connectivity index (χ1) is 8.26. The molecule has 0 radical (unpaired) electrons. The summed E-state index contributed by atoms with van der Waals surface area (Å²) in [5.41, 5.74) is 3.73. The van der Waals surface area contributed by atoms with Gasteiger partial charge >= 0.3 is 0 Å². The lowest BCUT2D eigenvalue weighted by Gasteiger charge is -2.20. The largest absolute Gasteiger partial charge is 0.496 e. The predicted molar refractivity (Wildman–Crippen MR) is 69.4 cm³/mol. The van der Waals surface area contributed by atoms with Crippen LogP contribution in [0.5, 0.6) is 5.75 Å². The molecule has 0 fully saturated rings. The van der Waals surface area contributed by atoms with E-state index in [1.807, 2.05) is 24.3 Å². The van der Waals surface area contributed by atoms with Crippen LogP contribution in [0.1, 0.15) is 18.0 Å². The summed E-state index contributed by atoms with van der Waals surface area (Å²) in [6, 6.07) is 5.67. The van der Waals surface area contributed by atoms with Gasteiger partial charge in [0.1, 0.15) is 17.6 Å². The van der Waals surface area contributed by atoms with E-state index in [-0.39, 0.29) is 6.04 Å². The van der Waals surface area contributed by atoms with Gasteiger partial charge in [0.15, 0.2) is 0 Å². The van der Waals surface area contributed by atoms with Crippen LogP contribution in [-0.4, -0.2) is 13.7 Å². The number of hydrazine groups is 1. The van der Waals surface area contributed by atoms with E-state index in [0.29, 0.717) is 6.61 Å². The van der Waals surface area contributed by atoms with Gasteiger partial charge in [-0.1, -0.05) is 22.0 Å². The zero-order chi connectivity index (χ0) is 12.3. The minimum Gasteiger partial charge on any atom is -0.496 e. The predicted octanol–water partition coefficient (Wildman–Crippen LogP) is 2.27. The number of nitrogens with one attached hydrogen (secondary N) is 1. The lowest BCUT2D eigenvalue weighted by atomic mass is 10.0. The molecule has 0 saturated heterocycles. The highest BCUT2D eigenvalue weighted by Crippen LogP contribution is 2.33. The van der Waals surface area contributed by atoms with Gasteiger partial charge in [-0.15, -0.1) is 0 Å². The van der Waals surface area contributed by atoms with Crippen LogP contribution < -0.4 is 16.0 Å². The average molecular weight is 299 g/mol. The molecular formula is C12H15BrN2O2. The maximum absolute atomic E-state index is 5.61. The van der Waals surface area contributed by atoms with Gasteiger partial charge in [0.05, 0.1) is 13.7 Å². The zero-order valence-electron chi connectivity index (χ0n) is 9.57. The molecule has 4 nitrogen and oxygen atoms in total. The topological polar surface area (TPSA) is 56.5 Å². The Morgan fingerprint density at radius 3 is 2.94 bits per heavy atom. The van der Waals surface area contributed by atoms with Gasteiger partial charge in [-0.3, -0.25) is 5.84 Å². The molecule has 0 aliphatic carbocycles. The molecule has 92 valence electrons. The van der Waals surface area contributed by atoms with Gasteiger partial charge in [-0.05, 0) is 18.2 Å². The van der Waals surface area contributed by atoms with Crippen LogP contribution >= 0.6 is 15.9 Å². The number of ether oxygens (including phenoxy) is 2. The van der Waals surface area contributed by atoms with Gasteiger partial charge < -0.3 is 9.47 Å². The van der Waals surface area contributed by atoms with E-state index in [0.717, 1.165) is 28.0 Å². The highest BCUT2D eigenvalue weighted by atomic mass is 79.9. The Bertz CT molecular complexity index is 435. The van der Waals surface area contributed by atoms with Crippen molar-refractivity contribution in [1.82, 2.24) is 5.43 Å². The third kappa shape index (κ3) is 2.62. The first kappa shape index (κ1) is 12.4. The molecule has 17 heavy (non-hydrogen) atoms. The Morgan fingerprint density at radius 1 is 1.53 bits per heavy atom. The van der Waals surface area contributed by atoms with Gasteiger partial charge in [0.2, 0.25) is 0 Å². The van der Waals surface area contributed by atoms with E-state index >= 15 is 0 Å². The smallest absolute Gasteiger partial charge is 0.125 e. The van der Waals surface area contributed by atoms with E-state index in [9.17, 15) is 0 Å². The summed E-state index contributed by atoms with van der Waals surface area (Å²) in [5.74, 6) is 7.24. The maximum Gasteiger partial charge on any atom is 0.125 e. The number of methoxy groups -OCH3 is 1. The summed E-state index contributed by atoms with van der Waals surface area (Å²) in [6.45, 7) is 0.715. The van der Waals surface area contributed by atoms with Crippen molar-refractivity contribution in [3.63, 3.8) is 0 Å². The standard InChI is InChI=1S/C12H15BrN2O2/c1-16-11-7-8(13)4-5-9(11)12(15-14)10-3-2-6-17-10/h3-5,7,12,15H,2,6,14H2,1H3. The van der Waals surface area contributed by atoms with Crippen LogP contribution in [0.2, 0.25) is 0 Å². The van der Waals surface area contributed by atoms with E-state index in [4.69, 9.17) is 15.3 Å². The van der Waals surface area contributed by atoms with Crippen LogP contribution in [0.4, 0.5) is 0 Å².